The first-order chi connectivity index (χ1) is 7.19. The van der Waals surface area contributed by atoms with Crippen molar-refractivity contribution in [1.82, 2.24) is 9.55 Å². The van der Waals surface area contributed by atoms with E-state index >= 15 is 0 Å². The molecule has 0 aliphatic rings. The van der Waals surface area contributed by atoms with Crippen molar-refractivity contribution < 1.29 is 0 Å². The van der Waals surface area contributed by atoms with Gasteiger partial charge in [-0.15, -0.1) is 0 Å². The van der Waals surface area contributed by atoms with Gasteiger partial charge in [0, 0.05) is 12.7 Å². The molecule has 1 aromatic rings. The summed E-state index contributed by atoms with van der Waals surface area (Å²) in [6.45, 7) is 2.61. The Hall–Kier alpha value is -1.83. The Bertz CT molecular complexity index is 479. The van der Waals surface area contributed by atoms with Gasteiger partial charge in [-0.2, -0.15) is 5.26 Å². The monoisotopic (exact) mass is 207 g/mol. The van der Waals surface area contributed by atoms with Gasteiger partial charge in [0.25, 0.3) is 5.56 Å². The molecule has 0 aromatic carbocycles. The summed E-state index contributed by atoms with van der Waals surface area (Å²) in [6, 6.07) is 1.75. The minimum absolute atomic E-state index is 0.0221. The Labute approximate surface area is 87.0 Å². The van der Waals surface area contributed by atoms with Crippen molar-refractivity contribution >= 4 is 0 Å². The maximum atomic E-state index is 11.3. The Kier molecular flexibility index (Phi) is 3.86. The third kappa shape index (κ3) is 2.81. The second-order valence-corrected chi connectivity index (χ2v) is 3.31. The summed E-state index contributed by atoms with van der Waals surface area (Å²) in [4.78, 5) is 24.5. The number of nitrogens with one attached hydrogen (secondary N) is 1. The van der Waals surface area contributed by atoms with Crippen molar-refractivity contribution in [3.05, 3.63) is 32.6 Å². The number of hydrogen-bond donors (Lipinski definition) is 1. The van der Waals surface area contributed by atoms with Crippen LogP contribution in [0.2, 0.25) is 0 Å². The average Bonchev–Trinajstić information content (AvgIpc) is 2.21. The SMILES string of the molecule is CCCCCn1cc(C#N)c(=O)[nH]c1=O. The smallest absolute Gasteiger partial charge is 0.299 e. The van der Waals surface area contributed by atoms with Crippen LogP contribution in [0, 0.1) is 11.3 Å². The number of rotatable bonds is 4. The topological polar surface area (TPSA) is 78.7 Å². The zero-order valence-electron chi connectivity index (χ0n) is 8.62. The van der Waals surface area contributed by atoms with Gasteiger partial charge in [-0.05, 0) is 6.42 Å². The van der Waals surface area contributed by atoms with Crippen LogP contribution in [0.15, 0.2) is 15.8 Å². The quantitative estimate of drug-likeness (QED) is 0.734. The van der Waals surface area contributed by atoms with Crippen molar-refractivity contribution in [2.24, 2.45) is 0 Å². The molecule has 0 amide bonds. The highest BCUT2D eigenvalue weighted by atomic mass is 16.2. The molecular weight excluding hydrogens is 194 g/mol. The molecular formula is C10H13N3O2. The predicted octanol–water partition coefficient (Wildman–Crippen LogP) is 0.598. The molecule has 0 saturated heterocycles. The summed E-state index contributed by atoms with van der Waals surface area (Å²) in [5.41, 5.74) is -1.09. The fourth-order valence-electron chi connectivity index (χ4n) is 1.29. The first kappa shape index (κ1) is 11.2. The molecule has 5 heteroatoms. The Balaban J connectivity index is 2.94. The number of aromatic nitrogens is 2. The average molecular weight is 207 g/mol. The van der Waals surface area contributed by atoms with Crippen LogP contribution < -0.4 is 11.2 Å². The molecule has 0 radical (unpaired) electrons. The molecule has 0 saturated carbocycles. The largest absolute Gasteiger partial charge is 0.328 e. The third-order valence-electron chi connectivity index (χ3n) is 2.13. The molecule has 5 nitrogen and oxygen atoms in total. The molecule has 0 atom stereocenters. The van der Waals surface area contributed by atoms with Gasteiger partial charge in [-0.1, -0.05) is 19.8 Å². The van der Waals surface area contributed by atoms with Crippen molar-refractivity contribution in [2.45, 2.75) is 32.7 Å². The molecule has 0 unspecified atom stereocenters. The van der Waals surface area contributed by atoms with Gasteiger partial charge in [-0.25, -0.2) is 4.79 Å². The van der Waals surface area contributed by atoms with E-state index in [1.807, 2.05) is 0 Å². The summed E-state index contributed by atoms with van der Waals surface area (Å²) in [5.74, 6) is 0. The first-order valence-electron chi connectivity index (χ1n) is 4.93. The van der Waals surface area contributed by atoms with Gasteiger partial charge in [0.1, 0.15) is 11.6 Å². The maximum absolute atomic E-state index is 11.3. The molecule has 0 aliphatic carbocycles. The molecule has 1 N–H and O–H groups in total. The van der Waals surface area contributed by atoms with Crippen molar-refractivity contribution in [2.75, 3.05) is 0 Å². The fraction of sp³-hybridized carbons (Fsp3) is 0.500. The predicted molar refractivity (Wildman–Crippen MR) is 55.6 cm³/mol. The van der Waals surface area contributed by atoms with E-state index in [4.69, 9.17) is 5.26 Å². The highest BCUT2D eigenvalue weighted by Gasteiger charge is 2.02. The number of aromatic amines is 1. The van der Waals surface area contributed by atoms with Crippen LogP contribution in [-0.2, 0) is 6.54 Å². The van der Waals surface area contributed by atoms with Crippen LogP contribution >= 0.6 is 0 Å². The van der Waals surface area contributed by atoms with E-state index in [9.17, 15) is 9.59 Å². The second kappa shape index (κ2) is 5.15. The minimum Gasteiger partial charge on any atom is -0.299 e. The molecule has 80 valence electrons. The van der Waals surface area contributed by atoms with Crippen LogP contribution in [0.4, 0.5) is 0 Å². The molecule has 0 aliphatic heterocycles. The van der Waals surface area contributed by atoms with Gasteiger partial charge >= 0.3 is 5.69 Å². The van der Waals surface area contributed by atoms with E-state index in [0.29, 0.717) is 6.54 Å². The van der Waals surface area contributed by atoms with Crippen LogP contribution in [-0.4, -0.2) is 9.55 Å². The van der Waals surface area contributed by atoms with Crippen LogP contribution in [0.1, 0.15) is 31.7 Å². The summed E-state index contributed by atoms with van der Waals surface area (Å²) < 4.78 is 1.37. The molecule has 0 fully saturated rings. The van der Waals surface area contributed by atoms with E-state index in [1.165, 1.54) is 10.8 Å². The van der Waals surface area contributed by atoms with E-state index in [1.54, 1.807) is 6.07 Å². The number of H-pyrrole nitrogens is 1. The van der Waals surface area contributed by atoms with E-state index in [0.717, 1.165) is 19.3 Å². The fourth-order valence-corrected chi connectivity index (χ4v) is 1.29. The van der Waals surface area contributed by atoms with Gasteiger partial charge in [-0.3, -0.25) is 14.3 Å². The zero-order valence-corrected chi connectivity index (χ0v) is 8.62. The maximum Gasteiger partial charge on any atom is 0.328 e. The molecule has 0 spiro atoms. The molecule has 15 heavy (non-hydrogen) atoms. The van der Waals surface area contributed by atoms with Gasteiger partial charge in [0.05, 0.1) is 0 Å². The van der Waals surface area contributed by atoms with Gasteiger partial charge in [0.2, 0.25) is 0 Å². The van der Waals surface area contributed by atoms with Crippen molar-refractivity contribution in [3.63, 3.8) is 0 Å². The number of unbranched alkanes of at least 4 members (excludes halogenated alkanes) is 2. The molecule has 1 aromatic heterocycles. The lowest BCUT2D eigenvalue weighted by atomic mass is 10.2. The van der Waals surface area contributed by atoms with E-state index in [-0.39, 0.29) is 5.56 Å². The van der Waals surface area contributed by atoms with Crippen LogP contribution in [0.5, 0.6) is 0 Å². The minimum atomic E-state index is -0.616. The normalized spacial score (nSPS) is 9.87. The Morgan fingerprint density at radius 3 is 2.80 bits per heavy atom. The summed E-state index contributed by atoms with van der Waals surface area (Å²) in [7, 11) is 0. The first-order valence-corrected chi connectivity index (χ1v) is 4.93. The lowest BCUT2D eigenvalue weighted by Gasteiger charge is -2.03. The number of hydrogen-bond acceptors (Lipinski definition) is 3. The van der Waals surface area contributed by atoms with Crippen molar-refractivity contribution in [3.8, 4) is 6.07 Å². The number of aryl methyl sites for hydroxylation is 1. The molecule has 1 rings (SSSR count). The Morgan fingerprint density at radius 1 is 1.47 bits per heavy atom. The second-order valence-electron chi connectivity index (χ2n) is 3.31. The standard InChI is InChI=1S/C10H13N3O2/c1-2-3-4-5-13-7-8(6-11)9(14)12-10(13)15/h7H,2-5H2,1H3,(H,12,14,15). The highest BCUT2D eigenvalue weighted by Crippen LogP contribution is 1.96. The lowest BCUT2D eigenvalue weighted by Crippen LogP contribution is -2.31. The van der Waals surface area contributed by atoms with Crippen molar-refractivity contribution in [1.29, 1.82) is 5.26 Å². The number of nitriles is 1. The summed E-state index contributed by atoms with van der Waals surface area (Å²) in [6.07, 6.45) is 4.26. The number of nitrogens with zero attached hydrogens (tertiary/aromatic N) is 2. The lowest BCUT2D eigenvalue weighted by molar-refractivity contribution is 0.574. The van der Waals surface area contributed by atoms with Crippen LogP contribution in [0.3, 0.4) is 0 Å². The zero-order chi connectivity index (χ0) is 11.3. The van der Waals surface area contributed by atoms with Gasteiger partial charge in [0.15, 0.2) is 0 Å². The van der Waals surface area contributed by atoms with E-state index in [2.05, 4.69) is 11.9 Å². The third-order valence-corrected chi connectivity index (χ3v) is 2.13. The van der Waals surface area contributed by atoms with E-state index < -0.39 is 11.2 Å². The van der Waals surface area contributed by atoms with Crippen LogP contribution in [0.25, 0.3) is 0 Å². The molecule has 1 heterocycles. The van der Waals surface area contributed by atoms with Gasteiger partial charge < -0.3 is 0 Å². The highest BCUT2D eigenvalue weighted by molar-refractivity contribution is 5.21. The Morgan fingerprint density at radius 2 is 2.20 bits per heavy atom. The summed E-state index contributed by atoms with van der Waals surface area (Å²) >= 11 is 0. The molecule has 0 bridgehead atoms. The summed E-state index contributed by atoms with van der Waals surface area (Å²) in [5, 5.41) is 8.62.